The molecule has 0 atom stereocenters. The molecule has 0 spiro atoms. The average molecular weight is 367 g/mol. The number of rotatable bonds is 3. The minimum absolute atomic E-state index is 0.00306. The molecule has 1 aromatic carbocycles. The van der Waals surface area contributed by atoms with Crippen molar-refractivity contribution in [2.24, 2.45) is 0 Å². The number of thioether (sulfide) groups is 1. The van der Waals surface area contributed by atoms with E-state index in [1.165, 1.54) is 10.9 Å². The highest BCUT2D eigenvalue weighted by molar-refractivity contribution is 7.98. The maximum atomic E-state index is 12.4. The van der Waals surface area contributed by atoms with Gasteiger partial charge in [-0.2, -0.15) is 5.10 Å². The van der Waals surface area contributed by atoms with Gasteiger partial charge in [-0.25, -0.2) is 4.68 Å². The summed E-state index contributed by atoms with van der Waals surface area (Å²) < 4.78 is 18.1. The summed E-state index contributed by atoms with van der Waals surface area (Å²) in [6, 6.07) is 7.44. The second-order valence-corrected chi connectivity index (χ2v) is 8.97. The number of halogens is 1. The van der Waals surface area contributed by atoms with Gasteiger partial charge in [0, 0.05) is 8.45 Å². The van der Waals surface area contributed by atoms with Crippen LogP contribution in [-0.2, 0) is 16.7 Å². The van der Waals surface area contributed by atoms with Gasteiger partial charge in [0.2, 0.25) is 0 Å². The van der Waals surface area contributed by atoms with E-state index in [-0.39, 0.29) is 10.4 Å². The highest BCUT2D eigenvalue weighted by atomic mass is 35.5. The lowest BCUT2D eigenvalue weighted by Crippen LogP contribution is -2.36. The third-order valence-electron chi connectivity index (χ3n) is 3.55. The Morgan fingerprint density at radius 3 is 2.25 bits per heavy atom. The standard InChI is InChI=1S/C19H25ClN2OS/c1-18(2,3)14-9-7-13(8-10-14)12-24-15-11-21-22(19(4,5)6)17(23)16(15)20/h7-11H,12H2,1-6H3/i12D2. The molecule has 0 aliphatic heterocycles. The molecule has 0 saturated heterocycles. The second-order valence-electron chi connectivity index (χ2n) is 7.74. The van der Waals surface area contributed by atoms with Crippen molar-refractivity contribution in [2.45, 2.75) is 63.1 Å². The van der Waals surface area contributed by atoms with Crippen LogP contribution in [0.2, 0.25) is 5.02 Å². The molecule has 0 bridgehead atoms. The van der Waals surface area contributed by atoms with Crippen molar-refractivity contribution in [3.8, 4) is 0 Å². The number of hydrogen-bond donors (Lipinski definition) is 0. The summed E-state index contributed by atoms with van der Waals surface area (Å²) in [5.41, 5.74) is -0.985. The van der Waals surface area contributed by atoms with Crippen molar-refractivity contribution in [3.05, 3.63) is 57.0 Å². The Labute approximate surface area is 156 Å². The molecule has 0 amide bonds. The van der Waals surface area contributed by atoms with Crippen molar-refractivity contribution in [1.82, 2.24) is 9.78 Å². The number of hydrogen-bond acceptors (Lipinski definition) is 3. The normalized spacial score (nSPS) is 14.3. The Morgan fingerprint density at radius 2 is 1.75 bits per heavy atom. The van der Waals surface area contributed by atoms with Gasteiger partial charge in [-0.1, -0.05) is 56.6 Å². The summed E-state index contributed by atoms with van der Waals surface area (Å²) >= 11 is 7.12. The maximum Gasteiger partial charge on any atom is 0.287 e. The van der Waals surface area contributed by atoms with E-state index in [0.29, 0.717) is 10.5 Å². The van der Waals surface area contributed by atoms with E-state index in [0.717, 1.165) is 17.3 Å². The van der Waals surface area contributed by atoms with Crippen molar-refractivity contribution >= 4 is 23.4 Å². The maximum absolute atomic E-state index is 12.4. The SMILES string of the molecule is [2H]C([2H])(Sc1cnn(C(C)(C)C)c(=O)c1Cl)c1ccc(C(C)(C)C)cc1. The fourth-order valence-corrected chi connectivity index (χ4v) is 3.00. The second kappa shape index (κ2) is 6.93. The first-order valence-corrected chi connectivity index (χ1v) is 9.01. The van der Waals surface area contributed by atoms with E-state index in [4.69, 9.17) is 14.3 Å². The van der Waals surface area contributed by atoms with Crippen LogP contribution < -0.4 is 5.56 Å². The summed E-state index contributed by atoms with van der Waals surface area (Å²) in [6.45, 7) is 11.9. The Bertz CT molecular complexity index is 850. The minimum atomic E-state index is -1.73. The molecule has 0 saturated carbocycles. The van der Waals surface area contributed by atoms with Crippen LogP contribution in [-0.4, -0.2) is 9.78 Å². The summed E-state index contributed by atoms with van der Waals surface area (Å²) in [7, 11) is 0. The van der Waals surface area contributed by atoms with Gasteiger partial charge in [0.15, 0.2) is 0 Å². The van der Waals surface area contributed by atoms with Crippen LogP contribution >= 0.6 is 23.4 Å². The molecule has 24 heavy (non-hydrogen) atoms. The lowest BCUT2D eigenvalue weighted by Gasteiger charge is -2.21. The Morgan fingerprint density at radius 1 is 1.17 bits per heavy atom. The van der Waals surface area contributed by atoms with Gasteiger partial charge in [-0.05, 0) is 37.3 Å². The highest BCUT2D eigenvalue weighted by Crippen LogP contribution is 2.29. The molecule has 0 unspecified atom stereocenters. The summed E-state index contributed by atoms with van der Waals surface area (Å²) in [4.78, 5) is 12.8. The fraction of sp³-hybridized carbons (Fsp3) is 0.474. The van der Waals surface area contributed by atoms with Gasteiger partial charge >= 0.3 is 0 Å². The molecule has 5 heteroatoms. The van der Waals surface area contributed by atoms with Crippen LogP contribution in [0.3, 0.4) is 0 Å². The van der Waals surface area contributed by atoms with Gasteiger partial charge in [0.05, 0.1) is 16.6 Å². The first kappa shape index (κ1) is 16.2. The van der Waals surface area contributed by atoms with E-state index in [9.17, 15) is 4.79 Å². The zero-order chi connectivity index (χ0) is 19.9. The van der Waals surface area contributed by atoms with Gasteiger partial charge < -0.3 is 0 Å². The van der Waals surface area contributed by atoms with Gasteiger partial charge in [-0.3, -0.25) is 4.79 Å². The third-order valence-corrected chi connectivity index (χ3v) is 4.90. The van der Waals surface area contributed by atoms with Crippen molar-refractivity contribution in [2.75, 3.05) is 0 Å². The molecular weight excluding hydrogens is 340 g/mol. The largest absolute Gasteiger partial charge is 0.287 e. The van der Waals surface area contributed by atoms with E-state index in [2.05, 4.69) is 25.9 Å². The first-order valence-electron chi connectivity index (χ1n) is 8.82. The van der Waals surface area contributed by atoms with E-state index >= 15 is 0 Å². The molecule has 0 radical (unpaired) electrons. The molecule has 0 aliphatic rings. The zero-order valence-corrected chi connectivity index (χ0v) is 16.5. The number of benzene rings is 1. The number of aromatic nitrogens is 2. The lowest BCUT2D eigenvalue weighted by atomic mass is 9.87. The topological polar surface area (TPSA) is 34.9 Å². The predicted molar refractivity (Wildman–Crippen MR) is 103 cm³/mol. The van der Waals surface area contributed by atoms with E-state index in [1.54, 1.807) is 12.1 Å². The third kappa shape index (κ3) is 4.42. The molecular formula is C19H25ClN2OS. The van der Waals surface area contributed by atoms with Crippen LogP contribution in [0.1, 0.15) is 55.4 Å². The Hall–Kier alpha value is -1.26. The van der Waals surface area contributed by atoms with E-state index < -0.39 is 16.8 Å². The molecule has 130 valence electrons. The Kier molecular flexibility index (Phi) is 4.68. The predicted octanol–water partition coefficient (Wildman–Crippen LogP) is 5.24. The monoisotopic (exact) mass is 366 g/mol. The average Bonchev–Trinajstić information content (AvgIpc) is 2.50. The van der Waals surface area contributed by atoms with Gasteiger partial charge in [-0.15, -0.1) is 11.8 Å². The van der Waals surface area contributed by atoms with Crippen LogP contribution in [0, 0.1) is 0 Å². The molecule has 0 fully saturated rings. The molecule has 1 aromatic heterocycles. The lowest BCUT2D eigenvalue weighted by molar-refractivity contribution is 0.336. The van der Waals surface area contributed by atoms with Crippen molar-refractivity contribution < 1.29 is 2.74 Å². The summed E-state index contributed by atoms with van der Waals surface area (Å²) in [6.07, 6.45) is 1.46. The smallest absolute Gasteiger partial charge is 0.266 e. The molecule has 0 N–H and O–H groups in total. The molecule has 1 heterocycles. The number of nitrogens with zero attached hydrogens (tertiary/aromatic N) is 2. The van der Waals surface area contributed by atoms with Gasteiger partial charge in [0.1, 0.15) is 5.02 Å². The highest BCUT2D eigenvalue weighted by Gasteiger charge is 2.19. The van der Waals surface area contributed by atoms with Crippen molar-refractivity contribution in [1.29, 1.82) is 0 Å². The summed E-state index contributed by atoms with van der Waals surface area (Å²) in [5, 5.41) is 4.16. The molecule has 2 rings (SSSR count). The van der Waals surface area contributed by atoms with Crippen LogP contribution in [0.25, 0.3) is 0 Å². The van der Waals surface area contributed by atoms with Crippen LogP contribution in [0.4, 0.5) is 0 Å². The molecule has 3 nitrogen and oxygen atoms in total. The first-order chi connectivity index (χ1) is 11.7. The van der Waals surface area contributed by atoms with Gasteiger partial charge in [0.25, 0.3) is 5.56 Å². The molecule has 2 aromatic rings. The van der Waals surface area contributed by atoms with Crippen LogP contribution in [0.15, 0.2) is 40.2 Å². The van der Waals surface area contributed by atoms with Crippen LogP contribution in [0.5, 0.6) is 0 Å². The Balaban J connectivity index is 2.35. The molecule has 0 aliphatic carbocycles. The van der Waals surface area contributed by atoms with Crippen molar-refractivity contribution in [3.63, 3.8) is 0 Å². The fourth-order valence-electron chi connectivity index (χ4n) is 2.12. The zero-order valence-electron chi connectivity index (χ0n) is 17.0. The summed E-state index contributed by atoms with van der Waals surface area (Å²) in [5.74, 6) is 0. The minimum Gasteiger partial charge on any atom is -0.266 e. The van der Waals surface area contributed by atoms with E-state index in [1.807, 2.05) is 32.9 Å². The quantitative estimate of drug-likeness (QED) is 0.696.